The van der Waals surface area contributed by atoms with Crippen LogP contribution >= 0.6 is 0 Å². The van der Waals surface area contributed by atoms with Gasteiger partial charge in [-0.2, -0.15) is 5.26 Å². The van der Waals surface area contributed by atoms with Crippen LogP contribution in [0.3, 0.4) is 0 Å². The van der Waals surface area contributed by atoms with Gasteiger partial charge in [0.1, 0.15) is 6.07 Å². The van der Waals surface area contributed by atoms with Gasteiger partial charge in [0.05, 0.1) is 18.4 Å². The Hall–Kier alpha value is -1.60. The van der Waals surface area contributed by atoms with E-state index in [2.05, 4.69) is 11.1 Å². The molecule has 0 unspecified atom stereocenters. The van der Waals surface area contributed by atoms with E-state index in [0.717, 1.165) is 5.56 Å². The molecule has 0 bridgehead atoms. The number of aromatic nitrogens is 1. The van der Waals surface area contributed by atoms with Gasteiger partial charge in [0, 0.05) is 12.7 Å². The Labute approximate surface area is 82.8 Å². The molecular weight excluding hydrogens is 180 g/mol. The van der Waals surface area contributed by atoms with Crippen LogP contribution in [-0.4, -0.2) is 23.8 Å². The van der Waals surface area contributed by atoms with Gasteiger partial charge in [-0.05, 0) is 18.9 Å². The summed E-state index contributed by atoms with van der Waals surface area (Å²) in [5, 5.41) is 17.7. The average molecular weight is 192 g/mol. The molecule has 4 heteroatoms. The van der Waals surface area contributed by atoms with E-state index in [0.29, 0.717) is 23.6 Å². The Bertz CT molecular complexity index is 369. The fraction of sp³-hybridized carbons (Fsp3) is 0.400. The molecule has 4 nitrogen and oxygen atoms in total. The van der Waals surface area contributed by atoms with Crippen LogP contribution < -0.4 is 4.74 Å². The van der Waals surface area contributed by atoms with E-state index in [9.17, 15) is 0 Å². The number of nitriles is 1. The summed E-state index contributed by atoms with van der Waals surface area (Å²) in [7, 11) is 1.52. The Balaban J connectivity index is 3.22. The topological polar surface area (TPSA) is 66.1 Å². The third-order valence-corrected chi connectivity index (χ3v) is 1.96. The van der Waals surface area contributed by atoms with Crippen molar-refractivity contribution in [3.63, 3.8) is 0 Å². The summed E-state index contributed by atoms with van der Waals surface area (Å²) in [6, 6.07) is 3.75. The van der Waals surface area contributed by atoms with Crippen LogP contribution in [0.1, 0.15) is 16.8 Å². The van der Waals surface area contributed by atoms with E-state index >= 15 is 0 Å². The van der Waals surface area contributed by atoms with Gasteiger partial charge in [-0.15, -0.1) is 0 Å². The van der Waals surface area contributed by atoms with Crippen molar-refractivity contribution >= 4 is 0 Å². The smallest absolute Gasteiger partial charge is 0.213 e. The highest BCUT2D eigenvalue weighted by Crippen LogP contribution is 2.18. The number of ether oxygens (including phenoxy) is 1. The molecule has 1 rings (SSSR count). The predicted molar refractivity (Wildman–Crippen MR) is 51.0 cm³/mol. The second-order valence-electron chi connectivity index (χ2n) is 2.87. The highest BCUT2D eigenvalue weighted by atomic mass is 16.5. The van der Waals surface area contributed by atoms with E-state index in [1.807, 2.05) is 0 Å². The molecule has 1 heterocycles. The van der Waals surface area contributed by atoms with Crippen LogP contribution in [0.5, 0.6) is 5.88 Å². The van der Waals surface area contributed by atoms with Crippen molar-refractivity contribution < 1.29 is 9.84 Å². The molecule has 74 valence electrons. The molecule has 1 aromatic heterocycles. The normalized spacial score (nSPS) is 9.57. The number of rotatable bonds is 3. The van der Waals surface area contributed by atoms with Crippen molar-refractivity contribution in [3.8, 4) is 11.9 Å². The lowest BCUT2D eigenvalue weighted by molar-refractivity contribution is 0.299. The Morgan fingerprint density at radius 3 is 2.86 bits per heavy atom. The third kappa shape index (κ3) is 2.01. The molecule has 0 atom stereocenters. The Kier molecular flexibility index (Phi) is 3.43. The van der Waals surface area contributed by atoms with E-state index in [4.69, 9.17) is 15.1 Å². The van der Waals surface area contributed by atoms with Gasteiger partial charge in [0.15, 0.2) is 0 Å². The van der Waals surface area contributed by atoms with E-state index in [-0.39, 0.29) is 6.61 Å². The first-order valence-electron chi connectivity index (χ1n) is 4.28. The molecule has 0 fully saturated rings. The lowest BCUT2D eigenvalue weighted by Crippen LogP contribution is -2.01. The fourth-order valence-corrected chi connectivity index (χ4v) is 1.28. The number of aliphatic hydroxyl groups is 1. The van der Waals surface area contributed by atoms with Gasteiger partial charge in [-0.1, -0.05) is 0 Å². The summed E-state index contributed by atoms with van der Waals surface area (Å²) in [5.41, 5.74) is 1.94. The first-order chi connectivity index (χ1) is 6.72. The monoisotopic (exact) mass is 192 g/mol. The van der Waals surface area contributed by atoms with Gasteiger partial charge < -0.3 is 9.84 Å². The van der Waals surface area contributed by atoms with Crippen LogP contribution in [0.2, 0.25) is 0 Å². The van der Waals surface area contributed by atoms with Crippen LogP contribution in [0.4, 0.5) is 0 Å². The number of aliphatic hydroxyl groups excluding tert-OH is 1. The highest BCUT2D eigenvalue weighted by Gasteiger charge is 2.08. The minimum absolute atomic E-state index is 0.0152. The molecule has 0 aromatic carbocycles. The van der Waals surface area contributed by atoms with Crippen molar-refractivity contribution in [2.24, 2.45) is 0 Å². The second kappa shape index (κ2) is 4.58. The molecule has 14 heavy (non-hydrogen) atoms. The lowest BCUT2D eigenvalue weighted by atomic mass is 10.1. The van der Waals surface area contributed by atoms with Gasteiger partial charge in [0.25, 0.3) is 0 Å². The minimum Gasteiger partial charge on any atom is -0.481 e. The van der Waals surface area contributed by atoms with Crippen LogP contribution in [0.25, 0.3) is 0 Å². The first-order valence-corrected chi connectivity index (χ1v) is 4.28. The zero-order valence-corrected chi connectivity index (χ0v) is 8.24. The van der Waals surface area contributed by atoms with Crippen molar-refractivity contribution in [1.29, 1.82) is 5.26 Å². The van der Waals surface area contributed by atoms with Gasteiger partial charge >= 0.3 is 0 Å². The molecule has 0 amide bonds. The first kappa shape index (κ1) is 10.5. The SMILES string of the molecule is COc1cc(CCO)c(C#N)c(C)n1. The van der Waals surface area contributed by atoms with E-state index in [1.54, 1.807) is 13.0 Å². The maximum absolute atomic E-state index is 8.88. The Morgan fingerprint density at radius 1 is 1.64 bits per heavy atom. The molecule has 0 saturated heterocycles. The summed E-state index contributed by atoms with van der Waals surface area (Å²) >= 11 is 0. The Morgan fingerprint density at radius 2 is 2.36 bits per heavy atom. The van der Waals surface area contributed by atoms with E-state index < -0.39 is 0 Å². The number of hydrogen-bond acceptors (Lipinski definition) is 4. The quantitative estimate of drug-likeness (QED) is 0.769. The summed E-state index contributed by atoms with van der Waals surface area (Å²) in [6.07, 6.45) is 0.447. The maximum Gasteiger partial charge on any atom is 0.213 e. The van der Waals surface area contributed by atoms with Gasteiger partial charge in [-0.3, -0.25) is 0 Å². The van der Waals surface area contributed by atoms with Gasteiger partial charge in [0.2, 0.25) is 5.88 Å². The zero-order valence-electron chi connectivity index (χ0n) is 8.24. The van der Waals surface area contributed by atoms with Crippen molar-refractivity contribution in [3.05, 3.63) is 22.9 Å². The standard InChI is InChI=1S/C10H12N2O2/c1-7-9(6-11)8(3-4-13)5-10(12-7)14-2/h5,13H,3-4H2,1-2H3. The number of hydrogen-bond donors (Lipinski definition) is 1. The molecule has 0 radical (unpaired) electrons. The number of aryl methyl sites for hydroxylation is 1. The zero-order chi connectivity index (χ0) is 10.6. The summed E-state index contributed by atoms with van der Waals surface area (Å²) < 4.78 is 4.98. The summed E-state index contributed by atoms with van der Waals surface area (Å²) in [6.45, 7) is 1.77. The molecule has 0 spiro atoms. The predicted octanol–water partition coefficient (Wildman–Crippen LogP) is 0.805. The van der Waals surface area contributed by atoms with Crippen LogP contribution in [-0.2, 0) is 6.42 Å². The van der Waals surface area contributed by atoms with Crippen molar-refractivity contribution in [2.45, 2.75) is 13.3 Å². The molecule has 0 aliphatic carbocycles. The number of methoxy groups -OCH3 is 1. The van der Waals surface area contributed by atoms with Crippen molar-refractivity contribution in [1.82, 2.24) is 4.98 Å². The minimum atomic E-state index is 0.0152. The average Bonchev–Trinajstić information content (AvgIpc) is 2.18. The third-order valence-electron chi connectivity index (χ3n) is 1.96. The van der Waals surface area contributed by atoms with Crippen LogP contribution in [0.15, 0.2) is 6.07 Å². The largest absolute Gasteiger partial charge is 0.481 e. The number of pyridine rings is 1. The highest BCUT2D eigenvalue weighted by molar-refractivity contribution is 5.43. The molecule has 0 aliphatic rings. The maximum atomic E-state index is 8.88. The number of nitrogens with zero attached hydrogens (tertiary/aromatic N) is 2. The molecule has 0 saturated carbocycles. The lowest BCUT2D eigenvalue weighted by Gasteiger charge is -2.07. The summed E-state index contributed by atoms with van der Waals surface area (Å²) in [4.78, 5) is 4.08. The van der Waals surface area contributed by atoms with Crippen LogP contribution in [0, 0.1) is 18.3 Å². The summed E-state index contributed by atoms with van der Waals surface area (Å²) in [5.74, 6) is 0.477. The van der Waals surface area contributed by atoms with E-state index in [1.165, 1.54) is 7.11 Å². The molecule has 1 N–H and O–H groups in total. The van der Waals surface area contributed by atoms with Crippen molar-refractivity contribution in [2.75, 3.05) is 13.7 Å². The molecule has 0 aliphatic heterocycles. The van der Waals surface area contributed by atoms with Gasteiger partial charge in [-0.25, -0.2) is 4.98 Å². The molecule has 1 aromatic rings. The molecular formula is C10H12N2O2. The fourth-order valence-electron chi connectivity index (χ4n) is 1.28. The second-order valence-corrected chi connectivity index (χ2v) is 2.87.